The number of methoxy groups -OCH3 is 1. The lowest BCUT2D eigenvalue weighted by Gasteiger charge is -2.13. The molecule has 0 heterocycles. The Hall–Kier alpha value is -1.60. The molecule has 0 bridgehead atoms. The molecule has 0 amide bonds. The quantitative estimate of drug-likeness (QED) is 0.608. The Bertz CT molecular complexity index is 569. The second-order valence-corrected chi connectivity index (χ2v) is 6.25. The van der Waals surface area contributed by atoms with Crippen molar-refractivity contribution in [1.29, 1.82) is 0 Å². The molecule has 0 aliphatic rings. The molecular formula is C12H18N2O4S. The van der Waals surface area contributed by atoms with Crippen molar-refractivity contribution in [3.8, 4) is 0 Å². The van der Waals surface area contributed by atoms with E-state index in [-0.39, 0.29) is 6.54 Å². The van der Waals surface area contributed by atoms with Crippen LogP contribution in [-0.2, 0) is 26.1 Å². The summed E-state index contributed by atoms with van der Waals surface area (Å²) in [7, 11) is -2.62. The van der Waals surface area contributed by atoms with E-state index in [1.54, 1.807) is 18.2 Å². The molecule has 3 N–H and O–H groups in total. The van der Waals surface area contributed by atoms with Crippen LogP contribution in [0.4, 0.5) is 5.69 Å². The highest BCUT2D eigenvalue weighted by Gasteiger charge is 2.28. The Labute approximate surface area is 113 Å². The van der Waals surface area contributed by atoms with Crippen molar-refractivity contribution in [1.82, 2.24) is 4.72 Å². The average molecular weight is 286 g/mol. The van der Waals surface area contributed by atoms with Gasteiger partial charge in [-0.3, -0.25) is 4.79 Å². The Morgan fingerprint density at radius 1 is 1.47 bits per heavy atom. The maximum absolute atomic E-state index is 11.9. The summed E-state index contributed by atoms with van der Waals surface area (Å²) in [5, 5.41) is -1.25. The molecule has 1 unspecified atom stereocenters. The van der Waals surface area contributed by atoms with Crippen molar-refractivity contribution in [2.75, 3.05) is 12.8 Å². The van der Waals surface area contributed by atoms with Gasteiger partial charge in [-0.25, -0.2) is 13.1 Å². The molecule has 1 rings (SSSR count). The number of nitrogens with one attached hydrogen (secondary N) is 1. The van der Waals surface area contributed by atoms with E-state index in [2.05, 4.69) is 9.46 Å². The first-order valence-corrected chi connectivity index (χ1v) is 7.24. The van der Waals surface area contributed by atoms with Crippen LogP contribution < -0.4 is 10.5 Å². The van der Waals surface area contributed by atoms with E-state index < -0.39 is 21.2 Å². The molecule has 0 aliphatic carbocycles. The lowest BCUT2D eigenvalue weighted by Crippen LogP contribution is -2.37. The Morgan fingerprint density at radius 3 is 2.68 bits per heavy atom. The van der Waals surface area contributed by atoms with E-state index in [1.165, 1.54) is 6.92 Å². The second-order valence-electron chi connectivity index (χ2n) is 4.16. The van der Waals surface area contributed by atoms with Crippen LogP contribution in [0.5, 0.6) is 0 Å². The average Bonchev–Trinajstić information content (AvgIpc) is 2.38. The third kappa shape index (κ3) is 3.68. The van der Waals surface area contributed by atoms with E-state index >= 15 is 0 Å². The summed E-state index contributed by atoms with van der Waals surface area (Å²) in [6, 6.07) is 5.26. The fourth-order valence-corrected chi connectivity index (χ4v) is 2.45. The summed E-state index contributed by atoms with van der Waals surface area (Å²) in [4.78, 5) is 11.2. The summed E-state index contributed by atoms with van der Waals surface area (Å²) in [5.74, 6) is -0.795. The number of nitrogens with two attached hydrogens (primary N) is 1. The van der Waals surface area contributed by atoms with Gasteiger partial charge in [-0.2, -0.15) is 0 Å². The number of hydrogen-bond acceptors (Lipinski definition) is 5. The largest absolute Gasteiger partial charge is 0.468 e. The van der Waals surface area contributed by atoms with E-state index in [0.29, 0.717) is 5.69 Å². The zero-order valence-electron chi connectivity index (χ0n) is 11.1. The monoisotopic (exact) mass is 286 g/mol. The summed E-state index contributed by atoms with van der Waals surface area (Å²) in [6.45, 7) is 3.17. The highest BCUT2D eigenvalue weighted by molar-refractivity contribution is 7.90. The van der Waals surface area contributed by atoms with Crippen molar-refractivity contribution in [2.45, 2.75) is 25.6 Å². The molecule has 6 nitrogen and oxygen atoms in total. The van der Waals surface area contributed by atoms with Gasteiger partial charge in [-0.1, -0.05) is 12.1 Å². The molecular weight excluding hydrogens is 268 g/mol. The van der Waals surface area contributed by atoms with Crippen molar-refractivity contribution in [3.05, 3.63) is 29.3 Å². The SMILES string of the molecule is COC(=O)C(C)S(=O)(=O)NCc1cccc(N)c1C. The van der Waals surface area contributed by atoms with Gasteiger partial charge in [0.2, 0.25) is 10.0 Å². The van der Waals surface area contributed by atoms with Gasteiger partial charge < -0.3 is 10.5 Å². The molecule has 1 aromatic rings. The molecule has 0 aromatic heterocycles. The van der Waals surface area contributed by atoms with Crippen LogP contribution in [0.15, 0.2) is 18.2 Å². The summed E-state index contributed by atoms with van der Waals surface area (Å²) in [6.07, 6.45) is 0. The molecule has 0 aliphatic heterocycles. The Kier molecular flexibility index (Phi) is 4.90. The molecule has 0 saturated carbocycles. The molecule has 7 heteroatoms. The lowest BCUT2D eigenvalue weighted by atomic mass is 10.1. The number of benzene rings is 1. The molecule has 106 valence electrons. The minimum absolute atomic E-state index is 0.0839. The predicted molar refractivity (Wildman–Crippen MR) is 72.8 cm³/mol. The predicted octanol–water partition coefficient (Wildman–Crippen LogP) is 0.558. The lowest BCUT2D eigenvalue weighted by molar-refractivity contribution is -0.139. The first kappa shape index (κ1) is 15.5. The molecule has 0 saturated heterocycles. The van der Waals surface area contributed by atoms with Crippen molar-refractivity contribution >= 4 is 21.7 Å². The van der Waals surface area contributed by atoms with E-state index in [4.69, 9.17) is 5.73 Å². The normalized spacial score (nSPS) is 13.0. The Morgan fingerprint density at radius 2 is 2.11 bits per heavy atom. The van der Waals surface area contributed by atoms with Crippen molar-refractivity contribution in [2.24, 2.45) is 0 Å². The number of hydrogen-bond donors (Lipinski definition) is 2. The maximum Gasteiger partial charge on any atom is 0.325 e. The molecule has 19 heavy (non-hydrogen) atoms. The molecule has 0 radical (unpaired) electrons. The van der Waals surface area contributed by atoms with Gasteiger partial charge in [0.05, 0.1) is 7.11 Å². The maximum atomic E-state index is 11.9. The van der Waals surface area contributed by atoms with Gasteiger partial charge in [0.25, 0.3) is 0 Å². The van der Waals surface area contributed by atoms with E-state index in [0.717, 1.165) is 18.2 Å². The second kappa shape index (κ2) is 6.03. The summed E-state index contributed by atoms with van der Waals surface area (Å²) in [5.41, 5.74) is 7.91. The number of carbonyl (C=O) groups is 1. The van der Waals surface area contributed by atoms with E-state index in [1.807, 2.05) is 6.92 Å². The molecule has 1 atom stereocenters. The zero-order valence-corrected chi connectivity index (χ0v) is 12.0. The fourth-order valence-electron chi connectivity index (χ4n) is 1.49. The highest BCUT2D eigenvalue weighted by atomic mass is 32.2. The first-order valence-electron chi connectivity index (χ1n) is 5.70. The van der Waals surface area contributed by atoms with Gasteiger partial charge >= 0.3 is 5.97 Å². The first-order chi connectivity index (χ1) is 8.79. The zero-order chi connectivity index (χ0) is 14.6. The van der Waals surface area contributed by atoms with Gasteiger partial charge in [-0.05, 0) is 31.0 Å². The number of rotatable bonds is 5. The topological polar surface area (TPSA) is 98.5 Å². The molecule has 1 aromatic carbocycles. The van der Waals surface area contributed by atoms with Crippen LogP contribution in [0.3, 0.4) is 0 Å². The number of sulfonamides is 1. The fraction of sp³-hybridized carbons (Fsp3) is 0.417. The minimum Gasteiger partial charge on any atom is -0.468 e. The van der Waals surface area contributed by atoms with Gasteiger partial charge in [0.15, 0.2) is 5.25 Å². The number of esters is 1. The minimum atomic E-state index is -3.76. The van der Waals surface area contributed by atoms with Crippen LogP contribution >= 0.6 is 0 Å². The summed E-state index contributed by atoms with van der Waals surface area (Å²) >= 11 is 0. The molecule has 0 spiro atoms. The number of carbonyl (C=O) groups excluding carboxylic acids is 1. The van der Waals surface area contributed by atoms with Crippen LogP contribution in [0.25, 0.3) is 0 Å². The molecule has 0 fully saturated rings. The van der Waals surface area contributed by atoms with Crippen molar-refractivity contribution < 1.29 is 17.9 Å². The number of ether oxygens (including phenoxy) is 1. The standard InChI is InChI=1S/C12H18N2O4S/c1-8-10(5-4-6-11(8)13)7-14-19(16,17)9(2)12(15)18-3/h4-6,9,14H,7,13H2,1-3H3. The van der Waals surface area contributed by atoms with Gasteiger partial charge in [0.1, 0.15) is 0 Å². The Balaban J connectivity index is 2.81. The smallest absolute Gasteiger partial charge is 0.325 e. The van der Waals surface area contributed by atoms with Crippen molar-refractivity contribution in [3.63, 3.8) is 0 Å². The van der Waals surface area contributed by atoms with Crippen LogP contribution in [-0.4, -0.2) is 26.7 Å². The van der Waals surface area contributed by atoms with Gasteiger partial charge in [-0.15, -0.1) is 0 Å². The van der Waals surface area contributed by atoms with Crippen LogP contribution in [0.2, 0.25) is 0 Å². The van der Waals surface area contributed by atoms with Gasteiger partial charge in [0, 0.05) is 12.2 Å². The third-order valence-corrected chi connectivity index (χ3v) is 4.62. The third-order valence-electron chi connectivity index (χ3n) is 2.95. The van der Waals surface area contributed by atoms with E-state index in [9.17, 15) is 13.2 Å². The summed E-state index contributed by atoms with van der Waals surface area (Å²) < 4.78 is 30.5. The number of nitrogen functional groups attached to an aromatic ring is 1. The van der Waals surface area contributed by atoms with Crippen LogP contribution in [0.1, 0.15) is 18.1 Å². The number of anilines is 1. The highest BCUT2D eigenvalue weighted by Crippen LogP contribution is 2.15. The van der Waals surface area contributed by atoms with Crippen LogP contribution in [0, 0.1) is 6.92 Å².